The molecule has 0 saturated heterocycles. The van der Waals surface area contributed by atoms with Gasteiger partial charge < -0.3 is 5.11 Å². The minimum absolute atomic E-state index is 0.258. The first-order valence-corrected chi connectivity index (χ1v) is 14.9. The van der Waals surface area contributed by atoms with Gasteiger partial charge in [-0.2, -0.15) is 4.57 Å². The third kappa shape index (κ3) is 5.72. The molecule has 0 spiro atoms. The lowest BCUT2D eigenvalue weighted by molar-refractivity contribution is -0.572. The molecule has 0 fully saturated rings. The van der Waals surface area contributed by atoms with Crippen LogP contribution in [0.2, 0.25) is 0 Å². The first-order chi connectivity index (χ1) is 19.8. The molecular formula is C38H37NO. The van der Waals surface area contributed by atoms with Gasteiger partial charge >= 0.3 is 0 Å². The molecule has 6 rings (SSSR count). The van der Waals surface area contributed by atoms with Crippen LogP contribution in [0, 0.1) is 0 Å². The van der Waals surface area contributed by atoms with Crippen LogP contribution in [0.1, 0.15) is 56.1 Å². The lowest BCUT2D eigenvalue weighted by Gasteiger charge is -2.21. The second-order valence-electron chi connectivity index (χ2n) is 11.0. The fourth-order valence-corrected chi connectivity index (χ4v) is 6.06. The van der Waals surface area contributed by atoms with Crippen LogP contribution in [0.4, 0.5) is 0 Å². The van der Waals surface area contributed by atoms with E-state index in [1.54, 1.807) is 0 Å². The summed E-state index contributed by atoms with van der Waals surface area (Å²) in [5.74, 6) is 0.258. The van der Waals surface area contributed by atoms with Gasteiger partial charge in [0.25, 0.3) is 0 Å². The molecule has 40 heavy (non-hydrogen) atoms. The van der Waals surface area contributed by atoms with Gasteiger partial charge in [-0.25, -0.2) is 0 Å². The predicted molar refractivity (Wildman–Crippen MR) is 163 cm³/mol. The van der Waals surface area contributed by atoms with Crippen molar-refractivity contribution in [1.82, 2.24) is 0 Å². The number of benzene rings is 4. The summed E-state index contributed by atoms with van der Waals surface area (Å²) in [5, 5.41) is 13.6. The normalized spacial score (nSPS) is 14.2. The predicted octanol–water partition coefficient (Wildman–Crippen LogP) is 8.87. The minimum atomic E-state index is 0.258. The first kappa shape index (κ1) is 26.1. The third-order valence-electron chi connectivity index (χ3n) is 8.19. The number of pyridine rings is 1. The highest BCUT2D eigenvalue weighted by Gasteiger charge is 2.26. The van der Waals surface area contributed by atoms with Crippen molar-refractivity contribution >= 4 is 0 Å². The van der Waals surface area contributed by atoms with Gasteiger partial charge in [-0.3, -0.25) is 0 Å². The summed E-state index contributed by atoms with van der Waals surface area (Å²) in [4.78, 5) is 0. The Hall–Kier alpha value is -4.17. The van der Waals surface area contributed by atoms with Gasteiger partial charge in [0.05, 0.1) is 0 Å². The van der Waals surface area contributed by atoms with Gasteiger partial charge in [0.15, 0.2) is 0 Å². The van der Waals surface area contributed by atoms with Crippen LogP contribution in [0.15, 0.2) is 115 Å². The molecule has 0 radical (unpaired) electrons. The topological polar surface area (TPSA) is 26.9 Å². The average molecular weight is 524 g/mol. The highest BCUT2D eigenvalue weighted by molar-refractivity contribution is 5.74. The zero-order chi connectivity index (χ0) is 27.1. The van der Waals surface area contributed by atoms with Crippen molar-refractivity contribution < 1.29 is 9.67 Å². The molecule has 1 aliphatic rings. The van der Waals surface area contributed by atoms with E-state index >= 15 is 0 Å². The lowest BCUT2D eigenvalue weighted by Crippen LogP contribution is -2.37. The van der Waals surface area contributed by atoms with Crippen molar-refractivity contribution in [2.75, 3.05) is 0 Å². The Morgan fingerprint density at radius 2 is 0.825 bits per heavy atom. The van der Waals surface area contributed by atoms with Crippen LogP contribution >= 0.6 is 0 Å². The number of rotatable bonds is 4. The van der Waals surface area contributed by atoms with E-state index in [0.29, 0.717) is 0 Å². The Kier molecular flexibility index (Phi) is 8.05. The van der Waals surface area contributed by atoms with Crippen LogP contribution in [0.25, 0.3) is 39.3 Å². The van der Waals surface area contributed by atoms with Crippen molar-refractivity contribution in [2.45, 2.75) is 57.8 Å². The molecule has 5 aromatic rings. The minimum Gasteiger partial charge on any atom is -0.872 e. The summed E-state index contributed by atoms with van der Waals surface area (Å²) in [6, 6.07) is 40.9. The average Bonchev–Trinajstić information content (AvgIpc) is 3.02. The number of aryl methyl sites for hydroxylation is 2. The molecule has 200 valence electrons. The maximum Gasteiger partial charge on any atom is 0.219 e. The monoisotopic (exact) mass is 523 g/mol. The van der Waals surface area contributed by atoms with Crippen LogP contribution in [0.5, 0.6) is 5.75 Å². The van der Waals surface area contributed by atoms with E-state index in [9.17, 15) is 5.11 Å². The number of fused-ring (bicyclic) bond motifs is 2. The highest BCUT2D eigenvalue weighted by Crippen LogP contribution is 2.33. The van der Waals surface area contributed by atoms with E-state index in [4.69, 9.17) is 0 Å². The summed E-state index contributed by atoms with van der Waals surface area (Å²) >= 11 is 0. The second kappa shape index (κ2) is 12.3. The third-order valence-corrected chi connectivity index (χ3v) is 8.19. The Labute approximate surface area is 238 Å². The lowest BCUT2D eigenvalue weighted by atomic mass is 9.94. The van der Waals surface area contributed by atoms with Gasteiger partial charge in [0, 0.05) is 35.4 Å². The van der Waals surface area contributed by atoms with Crippen molar-refractivity contribution in [3.8, 4) is 45.1 Å². The van der Waals surface area contributed by atoms with Crippen LogP contribution in [-0.4, -0.2) is 0 Å². The van der Waals surface area contributed by atoms with Gasteiger partial charge in [0.2, 0.25) is 17.1 Å². The van der Waals surface area contributed by atoms with Crippen LogP contribution < -0.4 is 9.67 Å². The summed E-state index contributed by atoms with van der Waals surface area (Å²) in [6.45, 7) is 0. The summed E-state index contributed by atoms with van der Waals surface area (Å²) in [6.07, 6.45) is 10.1. The number of nitrogens with zero attached hydrogens (tertiary/aromatic N) is 1. The smallest absolute Gasteiger partial charge is 0.219 e. The van der Waals surface area contributed by atoms with E-state index < -0.39 is 0 Å². The maximum absolute atomic E-state index is 13.6. The van der Waals surface area contributed by atoms with E-state index in [-0.39, 0.29) is 5.75 Å². The quantitative estimate of drug-likeness (QED) is 0.216. The SMILES string of the molecule is [O-]c1c2cc(-[n+]3c(-c4ccccc4)cc(-c4ccccc4)cc3-c3ccccc3)cc1CCCCCCCCC2. The standard InChI is InChI=1S/C38H37NO/c40-38-32-23-9-4-2-1-3-5-10-24-33(38)26-35(25-32)39-36(30-19-13-7-14-20-30)27-34(29-17-11-6-12-18-29)28-37(39)31-21-15-8-16-22-31/h6-8,11-22,25-28H,1-5,9-10,23-24H2. The number of hydrogen-bond acceptors (Lipinski definition) is 1. The van der Waals surface area contributed by atoms with E-state index in [2.05, 4.69) is 120 Å². The molecule has 2 heteroatoms. The fraction of sp³-hybridized carbons (Fsp3) is 0.237. The van der Waals surface area contributed by atoms with Gasteiger partial charge in [-0.15, -0.1) is 5.75 Å². The molecule has 0 amide bonds. The van der Waals surface area contributed by atoms with E-state index in [0.717, 1.165) is 65.0 Å². The molecule has 1 aliphatic carbocycles. The Balaban J connectivity index is 1.63. The molecule has 0 saturated carbocycles. The molecule has 0 unspecified atom stereocenters. The summed E-state index contributed by atoms with van der Waals surface area (Å²) in [5.41, 5.74) is 9.93. The second-order valence-corrected chi connectivity index (χ2v) is 11.0. The van der Waals surface area contributed by atoms with Gasteiger partial charge in [0.1, 0.15) is 0 Å². The van der Waals surface area contributed by atoms with Crippen molar-refractivity contribution in [3.63, 3.8) is 0 Å². The fourth-order valence-electron chi connectivity index (χ4n) is 6.06. The molecule has 1 heterocycles. The molecule has 2 nitrogen and oxygen atoms in total. The number of hydrogen-bond donors (Lipinski definition) is 0. The van der Waals surface area contributed by atoms with Crippen LogP contribution in [-0.2, 0) is 12.8 Å². The van der Waals surface area contributed by atoms with Crippen molar-refractivity contribution in [1.29, 1.82) is 0 Å². The van der Waals surface area contributed by atoms with Gasteiger partial charge in [-0.05, 0) is 72.2 Å². The zero-order valence-electron chi connectivity index (χ0n) is 23.2. The maximum atomic E-state index is 13.6. The Morgan fingerprint density at radius 1 is 0.425 bits per heavy atom. The molecule has 2 bridgehead atoms. The molecule has 0 atom stereocenters. The Bertz CT molecular complexity index is 1470. The van der Waals surface area contributed by atoms with E-state index in [1.807, 2.05) is 0 Å². The van der Waals surface area contributed by atoms with Crippen LogP contribution in [0.3, 0.4) is 0 Å². The molecular weight excluding hydrogens is 486 g/mol. The molecule has 1 aromatic heterocycles. The van der Waals surface area contributed by atoms with Crippen molar-refractivity contribution in [2.24, 2.45) is 0 Å². The Morgan fingerprint density at radius 3 is 1.27 bits per heavy atom. The first-order valence-electron chi connectivity index (χ1n) is 14.9. The molecule has 4 aromatic carbocycles. The number of aromatic nitrogens is 1. The van der Waals surface area contributed by atoms with E-state index in [1.165, 1.54) is 43.2 Å². The highest BCUT2D eigenvalue weighted by atomic mass is 16.3. The molecule has 0 aliphatic heterocycles. The van der Waals surface area contributed by atoms with Gasteiger partial charge in [-0.1, -0.05) is 98.8 Å². The summed E-state index contributed by atoms with van der Waals surface area (Å²) in [7, 11) is 0. The molecule has 0 N–H and O–H groups in total. The largest absolute Gasteiger partial charge is 0.872 e. The zero-order valence-corrected chi connectivity index (χ0v) is 23.2. The van der Waals surface area contributed by atoms with Crippen molar-refractivity contribution in [3.05, 3.63) is 126 Å². The summed E-state index contributed by atoms with van der Waals surface area (Å²) < 4.78 is 2.38.